The summed E-state index contributed by atoms with van der Waals surface area (Å²) in [5.74, 6) is 0.184. The van der Waals surface area contributed by atoms with Gasteiger partial charge in [0.1, 0.15) is 5.60 Å². The molecule has 30 heavy (non-hydrogen) atoms. The number of benzene rings is 2. The lowest BCUT2D eigenvalue weighted by molar-refractivity contribution is -0.179. The minimum absolute atomic E-state index is 0.184. The van der Waals surface area contributed by atoms with Gasteiger partial charge in [0.2, 0.25) is 0 Å². The number of hydrogen-bond donors (Lipinski definition) is 1. The van der Waals surface area contributed by atoms with E-state index in [4.69, 9.17) is 4.74 Å². The highest BCUT2D eigenvalue weighted by Gasteiger charge is 2.46. The molecule has 3 heterocycles. The van der Waals surface area contributed by atoms with Crippen LogP contribution in [0.5, 0.6) is 0 Å². The molecule has 0 saturated carbocycles. The first kappa shape index (κ1) is 19.3. The van der Waals surface area contributed by atoms with Crippen LogP contribution in [0, 0.1) is 0 Å². The van der Waals surface area contributed by atoms with Crippen LogP contribution in [0.3, 0.4) is 0 Å². The third-order valence-electron chi connectivity index (χ3n) is 6.51. The lowest BCUT2D eigenvalue weighted by Gasteiger charge is -2.46. The number of H-pyrrole nitrogens is 1. The summed E-state index contributed by atoms with van der Waals surface area (Å²) in [6, 6.07) is 16.8. The third-order valence-corrected chi connectivity index (χ3v) is 6.51. The molecule has 0 aliphatic carbocycles. The van der Waals surface area contributed by atoms with E-state index in [9.17, 15) is 4.79 Å². The molecule has 156 valence electrons. The van der Waals surface area contributed by atoms with E-state index in [1.807, 2.05) is 17.2 Å². The molecule has 2 aromatic carbocycles. The highest BCUT2D eigenvalue weighted by Crippen LogP contribution is 2.32. The second-order valence-corrected chi connectivity index (χ2v) is 8.44. The molecule has 2 saturated heterocycles. The van der Waals surface area contributed by atoms with Crippen molar-refractivity contribution in [3.63, 3.8) is 0 Å². The van der Waals surface area contributed by atoms with Gasteiger partial charge in [0.25, 0.3) is 5.91 Å². The second kappa shape index (κ2) is 8.20. The standard InChI is InChI=1S/C24H28N4O2/c29-23-24(30-15-14-28(23)11-8-19-4-2-1-3-5-19)9-12-27(13-10-24)18-20-6-7-21-17-25-26-22(21)16-20/h1-7,16-17H,8-15,18H2,(H,25,26). The number of piperidine rings is 1. The van der Waals surface area contributed by atoms with Gasteiger partial charge < -0.3 is 9.64 Å². The number of morpholine rings is 1. The van der Waals surface area contributed by atoms with Crippen LogP contribution in [-0.2, 0) is 22.5 Å². The first-order valence-corrected chi connectivity index (χ1v) is 10.8. The molecule has 6 heteroatoms. The van der Waals surface area contributed by atoms with Gasteiger partial charge in [0, 0.05) is 38.1 Å². The average molecular weight is 405 g/mol. The van der Waals surface area contributed by atoms with Crippen molar-refractivity contribution in [3.8, 4) is 0 Å². The molecule has 0 atom stereocenters. The fourth-order valence-electron chi connectivity index (χ4n) is 4.70. The lowest BCUT2D eigenvalue weighted by atomic mass is 9.88. The SMILES string of the molecule is O=C1N(CCc2ccccc2)CCOC12CCN(Cc1ccc3cn[nH]c3c1)CC2. The van der Waals surface area contributed by atoms with Crippen LogP contribution in [0.1, 0.15) is 24.0 Å². The van der Waals surface area contributed by atoms with Gasteiger partial charge in [0.15, 0.2) is 0 Å². The normalized spacial score (nSPS) is 19.6. The Kier molecular flexibility index (Phi) is 5.27. The molecule has 0 unspecified atom stereocenters. The topological polar surface area (TPSA) is 61.5 Å². The summed E-state index contributed by atoms with van der Waals surface area (Å²) < 4.78 is 6.12. The van der Waals surface area contributed by atoms with E-state index >= 15 is 0 Å². The zero-order valence-corrected chi connectivity index (χ0v) is 17.2. The number of aromatic nitrogens is 2. The summed E-state index contributed by atoms with van der Waals surface area (Å²) in [6.45, 7) is 4.73. The van der Waals surface area contributed by atoms with Crippen molar-refractivity contribution in [2.45, 2.75) is 31.4 Å². The van der Waals surface area contributed by atoms with Crippen molar-refractivity contribution in [1.82, 2.24) is 20.0 Å². The molecule has 6 nitrogen and oxygen atoms in total. The van der Waals surface area contributed by atoms with E-state index in [2.05, 4.69) is 57.6 Å². The van der Waals surface area contributed by atoms with Crippen LogP contribution in [0.4, 0.5) is 0 Å². The van der Waals surface area contributed by atoms with Crippen molar-refractivity contribution in [2.75, 3.05) is 32.8 Å². The van der Waals surface area contributed by atoms with Crippen LogP contribution in [0.15, 0.2) is 54.7 Å². The predicted octanol–water partition coefficient (Wildman–Crippen LogP) is 3.00. The number of likely N-dealkylation sites (tertiary alicyclic amines) is 1. The maximum Gasteiger partial charge on any atom is 0.255 e. The Morgan fingerprint density at radius 3 is 2.70 bits per heavy atom. The van der Waals surface area contributed by atoms with Crippen LogP contribution in [-0.4, -0.2) is 64.3 Å². The zero-order valence-electron chi connectivity index (χ0n) is 17.2. The number of fused-ring (bicyclic) bond motifs is 1. The van der Waals surface area contributed by atoms with Crippen molar-refractivity contribution in [2.24, 2.45) is 0 Å². The molecular formula is C24H28N4O2. The third kappa shape index (κ3) is 3.85. The number of rotatable bonds is 5. The van der Waals surface area contributed by atoms with E-state index in [0.717, 1.165) is 56.3 Å². The van der Waals surface area contributed by atoms with Gasteiger partial charge in [0.05, 0.1) is 18.3 Å². The van der Waals surface area contributed by atoms with Crippen molar-refractivity contribution in [3.05, 3.63) is 65.9 Å². The zero-order chi connectivity index (χ0) is 20.4. The molecule has 0 bridgehead atoms. The molecule has 2 fully saturated rings. The molecule has 1 amide bonds. The van der Waals surface area contributed by atoms with Gasteiger partial charge in [-0.3, -0.25) is 14.8 Å². The van der Waals surface area contributed by atoms with Gasteiger partial charge in [-0.15, -0.1) is 0 Å². The number of ether oxygens (including phenoxy) is 1. The summed E-state index contributed by atoms with van der Waals surface area (Å²) in [7, 11) is 0. The van der Waals surface area contributed by atoms with Gasteiger partial charge in [-0.05, 0) is 36.5 Å². The Bertz CT molecular complexity index is 1010. The van der Waals surface area contributed by atoms with Gasteiger partial charge in [-0.25, -0.2) is 0 Å². The molecule has 0 radical (unpaired) electrons. The number of aromatic amines is 1. The summed E-state index contributed by atoms with van der Waals surface area (Å²) in [5, 5.41) is 8.27. The maximum atomic E-state index is 13.3. The van der Waals surface area contributed by atoms with Crippen LogP contribution in [0.25, 0.3) is 10.9 Å². The first-order chi connectivity index (χ1) is 14.7. The van der Waals surface area contributed by atoms with Gasteiger partial charge >= 0.3 is 0 Å². The van der Waals surface area contributed by atoms with E-state index < -0.39 is 5.60 Å². The lowest BCUT2D eigenvalue weighted by Crippen LogP contribution is -2.60. The van der Waals surface area contributed by atoms with Crippen LogP contribution in [0.2, 0.25) is 0 Å². The number of hydrogen-bond acceptors (Lipinski definition) is 4. The number of carbonyl (C=O) groups is 1. The Morgan fingerprint density at radius 1 is 1.03 bits per heavy atom. The van der Waals surface area contributed by atoms with Gasteiger partial charge in [-0.1, -0.05) is 42.5 Å². The number of carbonyl (C=O) groups excluding carboxylic acids is 1. The van der Waals surface area contributed by atoms with E-state index in [-0.39, 0.29) is 5.91 Å². The average Bonchev–Trinajstić information content (AvgIpc) is 3.25. The predicted molar refractivity (Wildman–Crippen MR) is 116 cm³/mol. The van der Waals surface area contributed by atoms with E-state index in [1.54, 1.807) is 0 Å². The van der Waals surface area contributed by atoms with Crippen molar-refractivity contribution in [1.29, 1.82) is 0 Å². The Labute approximate surface area is 176 Å². The summed E-state index contributed by atoms with van der Waals surface area (Å²) in [4.78, 5) is 17.7. The fourth-order valence-corrected chi connectivity index (χ4v) is 4.70. The largest absolute Gasteiger partial charge is 0.363 e. The summed E-state index contributed by atoms with van der Waals surface area (Å²) in [5.41, 5.74) is 2.98. The molecular weight excluding hydrogens is 376 g/mol. The van der Waals surface area contributed by atoms with E-state index in [1.165, 1.54) is 11.1 Å². The summed E-state index contributed by atoms with van der Waals surface area (Å²) in [6.07, 6.45) is 4.27. The molecule has 2 aliphatic rings. The van der Waals surface area contributed by atoms with Crippen molar-refractivity contribution >= 4 is 16.8 Å². The Hall–Kier alpha value is -2.70. The molecule has 1 N–H and O–H groups in total. The van der Waals surface area contributed by atoms with E-state index in [0.29, 0.717) is 13.2 Å². The Balaban J connectivity index is 1.19. The number of amides is 1. The first-order valence-electron chi connectivity index (χ1n) is 10.8. The maximum absolute atomic E-state index is 13.3. The quantitative estimate of drug-likeness (QED) is 0.710. The number of nitrogens with zero attached hydrogens (tertiary/aromatic N) is 3. The highest BCUT2D eigenvalue weighted by atomic mass is 16.5. The Morgan fingerprint density at radius 2 is 1.87 bits per heavy atom. The molecule has 3 aromatic rings. The minimum Gasteiger partial charge on any atom is -0.363 e. The van der Waals surface area contributed by atoms with Crippen LogP contribution >= 0.6 is 0 Å². The minimum atomic E-state index is -0.626. The van der Waals surface area contributed by atoms with Gasteiger partial charge in [-0.2, -0.15) is 5.10 Å². The smallest absolute Gasteiger partial charge is 0.255 e. The van der Waals surface area contributed by atoms with Crippen molar-refractivity contribution < 1.29 is 9.53 Å². The fraction of sp³-hybridized carbons (Fsp3) is 0.417. The highest BCUT2D eigenvalue weighted by molar-refractivity contribution is 5.86. The second-order valence-electron chi connectivity index (χ2n) is 8.44. The number of nitrogens with one attached hydrogen (secondary N) is 1. The molecule has 1 spiro atoms. The monoisotopic (exact) mass is 404 g/mol. The molecule has 5 rings (SSSR count). The van der Waals surface area contributed by atoms with Crippen LogP contribution < -0.4 is 0 Å². The summed E-state index contributed by atoms with van der Waals surface area (Å²) >= 11 is 0. The molecule has 2 aliphatic heterocycles. The molecule has 1 aromatic heterocycles.